The molecule has 33 heavy (non-hydrogen) atoms. The van der Waals surface area contributed by atoms with E-state index in [1.807, 2.05) is 0 Å². The van der Waals surface area contributed by atoms with Gasteiger partial charge in [0.15, 0.2) is 0 Å². The molecule has 182 valence electrons. The molecule has 1 fully saturated rings. The van der Waals surface area contributed by atoms with Crippen molar-refractivity contribution in [3.8, 4) is 11.3 Å². The Kier molecular flexibility index (Phi) is 12.1. The number of hydrogen-bond donors (Lipinski definition) is 0. The van der Waals surface area contributed by atoms with Crippen LogP contribution in [-0.4, -0.2) is 4.98 Å². The highest BCUT2D eigenvalue weighted by Crippen LogP contribution is 2.38. The summed E-state index contributed by atoms with van der Waals surface area (Å²) >= 11 is 0. The van der Waals surface area contributed by atoms with Crippen molar-refractivity contribution >= 4 is 0 Å². The molecule has 0 bridgehead atoms. The van der Waals surface area contributed by atoms with Gasteiger partial charge in [0.1, 0.15) is 0 Å². The summed E-state index contributed by atoms with van der Waals surface area (Å²) in [5.74, 6) is 1.75. The molecule has 1 aliphatic carbocycles. The molecule has 1 heteroatoms. The van der Waals surface area contributed by atoms with Crippen LogP contribution in [0.15, 0.2) is 42.6 Å². The lowest BCUT2D eigenvalue weighted by Gasteiger charge is -2.29. The lowest BCUT2D eigenvalue weighted by atomic mass is 9.77. The Labute approximate surface area is 204 Å². The predicted molar refractivity (Wildman–Crippen MR) is 145 cm³/mol. The van der Waals surface area contributed by atoms with Crippen LogP contribution in [0.25, 0.3) is 11.3 Å². The normalized spacial score (nSPS) is 18.5. The summed E-state index contributed by atoms with van der Waals surface area (Å²) in [6.07, 6.45) is 25.6. The van der Waals surface area contributed by atoms with Crippen LogP contribution in [0.5, 0.6) is 0 Å². The fourth-order valence-electron chi connectivity index (χ4n) is 5.60. The molecule has 0 N–H and O–H groups in total. The molecule has 0 saturated heterocycles. The smallest absolute Gasteiger partial charge is 0.0702 e. The van der Waals surface area contributed by atoms with Crippen molar-refractivity contribution in [3.05, 3.63) is 53.7 Å². The van der Waals surface area contributed by atoms with E-state index >= 15 is 0 Å². The Hall–Kier alpha value is -1.63. The molecule has 2 aromatic rings. The van der Waals surface area contributed by atoms with Gasteiger partial charge in [-0.2, -0.15) is 0 Å². The molecule has 0 aliphatic heterocycles. The van der Waals surface area contributed by atoms with E-state index in [0.29, 0.717) is 0 Å². The minimum atomic E-state index is 0.767. The van der Waals surface area contributed by atoms with Gasteiger partial charge in [-0.25, -0.2) is 0 Å². The van der Waals surface area contributed by atoms with Crippen molar-refractivity contribution in [2.24, 2.45) is 5.92 Å². The average Bonchev–Trinajstić information content (AvgIpc) is 2.87. The molecule has 3 rings (SSSR count). The van der Waals surface area contributed by atoms with Crippen LogP contribution in [0.3, 0.4) is 0 Å². The van der Waals surface area contributed by atoms with Gasteiger partial charge in [0.05, 0.1) is 5.69 Å². The van der Waals surface area contributed by atoms with Crippen molar-refractivity contribution in [3.63, 3.8) is 0 Å². The van der Waals surface area contributed by atoms with E-state index < -0.39 is 0 Å². The molecule has 0 atom stereocenters. The highest BCUT2D eigenvalue weighted by Gasteiger charge is 2.22. The highest BCUT2D eigenvalue weighted by atomic mass is 14.7. The zero-order chi connectivity index (χ0) is 23.1. The molecule has 0 spiro atoms. The molecule has 1 aromatic heterocycles. The van der Waals surface area contributed by atoms with Gasteiger partial charge in [0, 0.05) is 11.8 Å². The van der Waals surface area contributed by atoms with Crippen LogP contribution in [0, 0.1) is 5.92 Å². The monoisotopic (exact) mass is 447 g/mol. The lowest BCUT2D eigenvalue weighted by molar-refractivity contribution is 0.302. The van der Waals surface area contributed by atoms with Gasteiger partial charge in [-0.05, 0) is 67.6 Å². The Bertz CT molecular complexity index is 737. The maximum absolute atomic E-state index is 4.78. The van der Waals surface area contributed by atoms with E-state index in [4.69, 9.17) is 4.98 Å². The minimum absolute atomic E-state index is 0.767. The molecule has 1 aliphatic rings. The maximum Gasteiger partial charge on any atom is 0.0702 e. The van der Waals surface area contributed by atoms with Crippen LogP contribution in [0.4, 0.5) is 0 Å². The summed E-state index contributed by atoms with van der Waals surface area (Å²) in [6, 6.07) is 13.8. The van der Waals surface area contributed by atoms with E-state index in [-0.39, 0.29) is 0 Å². The second-order valence-electron chi connectivity index (χ2n) is 10.6. The van der Waals surface area contributed by atoms with E-state index in [9.17, 15) is 0 Å². The Balaban J connectivity index is 1.39. The number of pyridine rings is 1. The number of aromatic nitrogens is 1. The van der Waals surface area contributed by atoms with E-state index in [0.717, 1.165) is 17.5 Å². The third kappa shape index (κ3) is 9.26. The van der Waals surface area contributed by atoms with Gasteiger partial charge >= 0.3 is 0 Å². The first-order valence-electron chi connectivity index (χ1n) is 14.4. The zero-order valence-corrected chi connectivity index (χ0v) is 21.7. The van der Waals surface area contributed by atoms with Crippen molar-refractivity contribution in [2.75, 3.05) is 0 Å². The Morgan fingerprint density at radius 3 is 1.94 bits per heavy atom. The number of hydrogen-bond acceptors (Lipinski definition) is 1. The van der Waals surface area contributed by atoms with Gasteiger partial charge in [-0.15, -0.1) is 0 Å². The maximum atomic E-state index is 4.78. The van der Waals surface area contributed by atoms with E-state index in [1.54, 1.807) is 5.56 Å². The minimum Gasteiger partial charge on any atom is -0.256 e. The number of nitrogens with zero attached hydrogens (tertiary/aromatic N) is 1. The van der Waals surface area contributed by atoms with Crippen LogP contribution >= 0.6 is 0 Å². The molecule has 1 nitrogen and oxygen atoms in total. The Morgan fingerprint density at radius 2 is 1.30 bits per heavy atom. The SMILES string of the molecule is CCCCCCCCCc1ccc(-c2ccc(C3CCC(CCCCCC)CC3)cc2)nc1. The van der Waals surface area contributed by atoms with Gasteiger partial charge in [0.25, 0.3) is 0 Å². The molecule has 1 aromatic carbocycles. The summed E-state index contributed by atoms with van der Waals surface area (Å²) < 4.78 is 0. The number of rotatable bonds is 15. The van der Waals surface area contributed by atoms with Crippen molar-refractivity contribution < 1.29 is 0 Å². The standard InChI is InChI=1S/C32H49N/c1-3-5-7-9-10-11-13-15-28-18-25-32(33-26-28)31-23-21-30(22-24-31)29-19-16-27(17-20-29)14-12-8-6-4-2/h18,21-27,29H,3-17,19-20H2,1-2H3. The van der Waals surface area contributed by atoms with Crippen LogP contribution < -0.4 is 0 Å². The summed E-state index contributed by atoms with van der Waals surface area (Å²) in [6.45, 7) is 4.59. The topological polar surface area (TPSA) is 12.9 Å². The van der Waals surface area contributed by atoms with Crippen molar-refractivity contribution in [2.45, 2.75) is 129 Å². The van der Waals surface area contributed by atoms with Gasteiger partial charge in [-0.3, -0.25) is 4.98 Å². The van der Waals surface area contributed by atoms with E-state index in [1.165, 1.54) is 120 Å². The predicted octanol–water partition coefficient (Wildman–Crippen LogP) is 10.3. The lowest BCUT2D eigenvalue weighted by Crippen LogP contribution is -2.13. The van der Waals surface area contributed by atoms with E-state index in [2.05, 4.69) is 56.4 Å². The van der Waals surface area contributed by atoms with Crippen LogP contribution in [-0.2, 0) is 6.42 Å². The summed E-state index contributed by atoms with van der Waals surface area (Å²) in [7, 11) is 0. The molecule has 0 radical (unpaired) electrons. The second kappa shape index (κ2) is 15.3. The Morgan fingerprint density at radius 1 is 0.667 bits per heavy atom. The van der Waals surface area contributed by atoms with Crippen molar-refractivity contribution in [1.29, 1.82) is 0 Å². The van der Waals surface area contributed by atoms with Crippen LogP contribution in [0.1, 0.15) is 134 Å². The van der Waals surface area contributed by atoms with Gasteiger partial charge in [-0.1, -0.05) is 115 Å². The number of benzene rings is 1. The number of aryl methyl sites for hydroxylation is 1. The second-order valence-corrected chi connectivity index (χ2v) is 10.6. The van der Waals surface area contributed by atoms with Crippen molar-refractivity contribution in [1.82, 2.24) is 4.98 Å². The summed E-state index contributed by atoms with van der Waals surface area (Å²) in [5.41, 5.74) is 5.29. The molecular formula is C32H49N. The first-order valence-corrected chi connectivity index (χ1v) is 14.4. The zero-order valence-electron chi connectivity index (χ0n) is 21.7. The van der Waals surface area contributed by atoms with Crippen LogP contribution in [0.2, 0.25) is 0 Å². The number of unbranched alkanes of at least 4 members (excludes halogenated alkanes) is 9. The fourth-order valence-corrected chi connectivity index (χ4v) is 5.60. The highest BCUT2D eigenvalue weighted by molar-refractivity contribution is 5.59. The largest absolute Gasteiger partial charge is 0.256 e. The first kappa shape index (κ1) is 26.0. The van der Waals surface area contributed by atoms with Gasteiger partial charge < -0.3 is 0 Å². The summed E-state index contributed by atoms with van der Waals surface area (Å²) in [5, 5.41) is 0. The average molecular weight is 448 g/mol. The summed E-state index contributed by atoms with van der Waals surface area (Å²) in [4.78, 5) is 4.78. The molecule has 0 unspecified atom stereocenters. The molecule has 1 saturated carbocycles. The molecule has 1 heterocycles. The third-order valence-electron chi connectivity index (χ3n) is 7.88. The first-order chi connectivity index (χ1) is 16.3. The molecule has 0 amide bonds. The fraction of sp³-hybridized carbons (Fsp3) is 0.656. The van der Waals surface area contributed by atoms with Gasteiger partial charge in [0.2, 0.25) is 0 Å². The third-order valence-corrected chi connectivity index (χ3v) is 7.88. The molecular weight excluding hydrogens is 398 g/mol. The quantitative estimate of drug-likeness (QED) is 0.247.